The van der Waals surface area contributed by atoms with Crippen LogP contribution < -0.4 is 0 Å². The van der Waals surface area contributed by atoms with Crippen LogP contribution in [0.5, 0.6) is 0 Å². The van der Waals surface area contributed by atoms with E-state index in [1.807, 2.05) is 0 Å². The van der Waals surface area contributed by atoms with Crippen LogP contribution >= 0.6 is 23.2 Å². The lowest BCUT2D eigenvalue weighted by atomic mass is 9.97. The number of aliphatic hydroxyl groups excluding tert-OH is 1. The predicted octanol–water partition coefficient (Wildman–Crippen LogP) is 5.29. The van der Waals surface area contributed by atoms with Gasteiger partial charge in [-0.1, -0.05) is 23.2 Å². The molecule has 2 nitrogen and oxygen atoms in total. The molecule has 0 aliphatic heterocycles. The summed E-state index contributed by atoms with van der Waals surface area (Å²) in [7, 11) is 0. The molecule has 0 aliphatic carbocycles. The molecule has 0 aromatic heterocycles. The molecule has 1 N–H and O–H groups in total. The van der Waals surface area contributed by atoms with Gasteiger partial charge in [0.1, 0.15) is 5.76 Å². The van der Waals surface area contributed by atoms with E-state index < -0.39 is 41.2 Å². The van der Waals surface area contributed by atoms with Crippen LogP contribution in [0.3, 0.4) is 0 Å². The lowest BCUT2D eigenvalue weighted by molar-refractivity contribution is -0.323. The number of hydrogen-bond acceptors (Lipinski definition) is 2. The molecule has 0 amide bonds. The first-order valence-electron chi connectivity index (χ1n) is 5.44. The molecule has 23 heavy (non-hydrogen) atoms. The Hall–Kier alpha value is -1.48. The SMILES string of the molecule is O=C(/C=C(\O)c1ccc(Cl)c(Cl)c1)C(F)(C(F)(F)F)C(F)(F)F. The van der Waals surface area contributed by atoms with Crippen LogP contribution in [-0.4, -0.2) is 28.9 Å². The number of aliphatic hydroxyl groups is 1. The number of halogens is 9. The molecule has 0 saturated heterocycles. The van der Waals surface area contributed by atoms with Gasteiger partial charge in [-0.05, 0) is 18.2 Å². The van der Waals surface area contributed by atoms with Gasteiger partial charge in [-0.25, -0.2) is 4.39 Å². The summed E-state index contributed by atoms with van der Waals surface area (Å²) < 4.78 is 87.5. The van der Waals surface area contributed by atoms with E-state index in [0.29, 0.717) is 0 Å². The van der Waals surface area contributed by atoms with Gasteiger partial charge in [0, 0.05) is 11.6 Å². The van der Waals surface area contributed by atoms with E-state index in [2.05, 4.69) is 0 Å². The van der Waals surface area contributed by atoms with Crippen molar-refractivity contribution in [2.45, 2.75) is 18.0 Å². The quantitative estimate of drug-likeness (QED) is 0.436. The van der Waals surface area contributed by atoms with Gasteiger partial charge in [-0.15, -0.1) is 0 Å². The minimum atomic E-state index is -6.56. The molecular weight excluding hydrogens is 380 g/mol. The zero-order chi connectivity index (χ0) is 18.2. The van der Waals surface area contributed by atoms with E-state index >= 15 is 0 Å². The first kappa shape index (κ1) is 19.6. The second-order valence-corrected chi connectivity index (χ2v) is 4.99. The first-order chi connectivity index (χ1) is 10.2. The molecule has 0 fully saturated rings. The Morgan fingerprint density at radius 1 is 0.957 bits per heavy atom. The van der Waals surface area contributed by atoms with E-state index in [0.717, 1.165) is 18.2 Å². The summed E-state index contributed by atoms with van der Waals surface area (Å²) in [6.07, 6.45) is -13.6. The smallest absolute Gasteiger partial charge is 0.439 e. The highest BCUT2D eigenvalue weighted by molar-refractivity contribution is 6.42. The molecule has 1 rings (SSSR count). The molecule has 0 atom stereocenters. The average molecular weight is 385 g/mol. The van der Waals surface area contributed by atoms with Crippen molar-refractivity contribution in [1.82, 2.24) is 0 Å². The zero-order valence-electron chi connectivity index (χ0n) is 10.6. The van der Waals surface area contributed by atoms with Crippen molar-refractivity contribution in [2.24, 2.45) is 0 Å². The Bertz CT molecular complexity index is 636. The second-order valence-electron chi connectivity index (χ2n) is 4.18. The Kier molecular flexibility index (Phi) is 5.27. The number of carbonyl (C=O) groups is 1. The van der Waals surface area contributed by atoms with Crippen molar-refractivity contribution in [2.75, 3.05) is 0 Å². The summed E-state index contributed by atoms with van der Waals surface area (Å²) in [6, 6.07) is 2.88. The second kappa shape index (κ2) is 6.20. The van der Waals surface area contributed by atoms with Crippen LogP contribution in [0.4, 0.5) is 30.7 Å². The van der Waals surface area contributed by atoms with Crippen LogP contribution in [0.2, 0.25) is 10.0 Å². The van der Waals surface area contributed by atoms with E-state index in [1.54, 1.807) is 0 Å². The van der Waals surface area contributed by atoms with Crippen molar-refractivity contribution in [3.8, 4) is 0 Å². The van der Waals surface area contributed by atoms with Crippen molar-refractivity contribution in [3.05, 3.63) is 39.9 Å². The summed E-state index contributed by atoms with van der Waals surface area (Å²) in [4.78, 5) is 11.2. The predicted molar refractivity (Wildman–Crippen MR) is 68.0 cm³/mol. The third-order valence-corrected chi connectivity index (χ3v) is 3.34. The lowest BCUT2D eigenvalue weighted by Crippen LogP contribution is -2.58. The van der Waals surface area contributed by atoms with Gasteiger partial charge in [-0.2, -0.15) is 26.3 Å². The molecule has 0 unspecified atom stereocenters. The van der Waals surface area contributed by atoms with E-state index in [1.165, 1.54) is 0 Å². The number of alkyl halides is 7. The third-order valence-electron chi connectivity index (χ3n) is 2.60. The Morgan fingerprint density at radius 2 is 1.43 bits per heavy atom. The van der Waals surface area contributed by atoms with E-state index in [-0.39, 0.29) is 10.0 Å². The molecular formula is C12H5Cl2F7O2. The molecule has 0 radical (unpaired) electrons. The molecule has 0 aliphatic rings. The largest absolute Gasteiger partial charge is 0.507 e. The Morgan fingerprint density at radius 3 is 1.83 bits per heavy atom. The first-order valence-corrected chi connectivity index (χ1v) is 6.20. The summed E-state index contributed by atoms with van der Waals surface area (Å²) in [5, 5.41) is 9.21. The number of carbonyl (C=O) groups excluding carboxylic acids is 1. The molecule has 1 aromatic rings. The molecule has 128 valence electrons. The Labute approximate surface area is 134 Å². The maximum absolute atomic E-state index is 13.4. The molecule has 0 heterocycles. The fourth-order valence-electron chi connectivity index (χ4n) is 1.40. The van der Waals surface area contributed by atoms with Crippen molar-refractivity contribution < 1.29 is 40.6 Å². The van der Waals surface area contributed by atoms with Crippen molar-refractivity contribution in [3.63, 3.8) is 0 Å². The van der Waals surface area contributed by atoms with Gasteiger partial charge in [0.2, 0.25) is 5.78 Å². The number of allylic oxidation sites excluding steroid dienone is 1. The summed E-state index contributed by atoms with van der Waals surface area (Å²) >= 11 is 11.1. The number of rotatable bonds is 3. The van der Waals surface area contributed by atoms with E-state index in [9.17, 15) is 40.6 Å². The van der Waals surface area contributed by atoms with Crippen molar-refractivity contribution in [1.29, 1.82) is 0 Å². The summed E-state index contributed by atoms with van der Waals surface area (Å²) in [5.74, 6) is -4.37. The third kappa shape index (κ3) is 3.72. The minimum absolute atomic E-state index is 0.0278. The van der Waals surface area contributed by atoms with Gasteiger partial charge in [0.15, 0.2) is 0 Å². The molecule has 0 bridgehead atoms. The highest BCUT2D eigenvalue weighted by atomic mass is 35.5. The number of ketones is 1. The minimum Gasteiger partial charge on any atom is -0.507 e. The average Bonchev–Trinajstić information content (AvgIpc) is 2.37. The summed E-state index contributed by atoms with van der Waals surface area (Å²) in [5.41, 5.74) is -6.58. The van der Waals surface area contributed by atoms with Crippen molar-refractivity contribution >= 4 is 34.7 Å². The van der Waals surface area contributed by atoms with Gasteiger partial charge in [-0.3, -0.25) is 4.79 Å². The standard InChI is InChI=1S/C12H5Cl2F7O2/c13-6-2-1-5(3-7(6)14)8(22)4-9(23)10(15,11(16,17)18)12(19,20)21/h1-4,22H/b8-4-. The van der Waals surface area contributed by atoms with Crippen LogP contribution in [0.1, 0.15) is 5.56 Å². The number of hydrogen-bond donors (Lipinski definition) is 1. The molecule has 11 heteroatoms. The molecule has 0 spiro atoms. The van der Waals surface area contributed by atoms with Crippen LogP contribution in [0.25, 0.3) is 5.76 Å². The van der Waals surface area contributed by atoms with Gasteiger partial charge >= 0.3 is 18.0 Å². The monoisotopic (exact) mass is 384 g/mol. The fourth-order valence-corrected chi connectivity index (χ4v) is 1.70. The Balaban J connectivity index is 3.33. The topological polar surface area (TPSA) is 37.3 Å². The maximum Gasteiger partial charge on any atom is 0.439 e. The van der Waals surface area contributed by atoms with Crippen LogP contribution in [0.15, 0.2) is 24.3 Å². The van der Waals surface area contributed by atoms with Crippen LogP contribution in [-0.2, 0) is 4.79 Å². The summed E-state index contributed by atoms with van der Waals surface area (Å²) in [6.45, 7) is 0. The molecule has 1 aromatic carbocycles. The van der Waals surface area contributed by atoms with E-state index in [4.69, 9.17) is 23.2 Å². The van der Waals surface area contributed by atoms with Crippen LogP contribution in [0, 0.1) is 0 Å². The maximum atomic E-state index is 13.4. The highest BCUT2D eigenvalue weighted by Crippen LogP contribution is 2.47. The normalized spacial score (nSPS) is 14.0. The molecule has 0 saturated carbocycles. The van der Waals surface area contributed by atoms with Gasteiger partial charge in [0.25, 0.3) is 0 Å². The number of benzene rings is 1. The van der Waals surface area contributed by atoms with Gasteiger partial charge in [0.05, 0.1) is 10.0 Å². The fraction of sp³-hybridized carbons (Fsp3) is 0.250. The zero-order valence-corrected chi connectivity index (χ0v) is 12.1. The van der Waals surface area contributed by atoms with Gasteiger partial charge < -0.3 is 5.11 Å². The lowest BCUT2D eigenvalue weighted by Gasteiger charge is -2.27. The highest BCUT2D eigenvalue weighted by Gasteiger charge is 2.76.